The zero-order chi connectivity index (χ0) is 24.9. The van der Waals surface area contributed by atoms with E-state index in [0.717, 1.165) is 44.9 Å². The van der Waals surface area contributed by atoms with Crippen molar-refractivity contribution in [1.82, 2.24) is 16.0 Å². The van der Waals surface area contributed by atoms with Gasteiger partial charge in [-0.3, -0.25) is 18.9 Å². The fourth-order valence-corrected chi connectivity index (χ4v) is 4.07. The molecule has 13 heteroatoms. The molecule has 1 saturated heterocycles. The molecular weight excluding hydrogens is 457 g/mol. The predicted octanol–water partition coefficient (Wildman–Crippen LogP) is 0.959. The van der Waals surface area contributed by atoms with Gasteiger partial charge in [0.2, 0.25) is 17.7 Å². The Morgan fingerprint density at radius 2 is 1.67 bits per heavy atom. The molecule has 0 radical (unpaired) electrons. The second kappa shape index (κ2) is 15.0. The Morgan fingerprint density at radius 1 is 1.09 bits per heavy atom. The summed E-state index contributed by atoms with van der Waals surface area (Å²) in [7, 11) is -4.86. The van der Waals surface area contributed by atoms with Crippen LogP contribution in [-0.4, -0.2) is 63.3 Å². The summed E-state index contributed by atoms with van der Waals surface area (Å²) in [5, 5.41) is 16.9. The van der Waals surface area contributed by atoms with Crippen LogP contribution in [0.2, 0.25) is 0 Å². The number of nitrogens with one attached hydrogen (secondary N) is 3. The Hall–Kier alpha value is -2.01. The van der Waals surface area contributed by atoms with Gasteiger partial charge in [0, 0.05) is 19.4 Å². The van der Waals surface area contributed by atoms with Crippen molar-refractivity contribution >= 4 is 31.5 Å². The topological polar surface area (TPSA) is 191 Å². The van der Waals surface area contributed by atoms with Crippen molar-refractivity contribution in [3.63, 3.8) is 0 Å². The maximum Gasteiger partial charge on any atom is 0.469 e. The monoisotopic (exact) mass is 493 g/mol. The maximum atomic E-state index is 11.9. The SMILES string of the molecule is C[C@H](OP(=O)(O)O)[C@H](NC(=O)CCCCCCCCCCNC(=O)[C@H]1CCC(=O)N1)C(=O)O. The van der Waals surface area contributed by atoms with E-state index in [2.05, 4.69) is 20.5 Å². The third-order valence-corrected chi connectivity index (χ3v) is 5.90. The van der Waals surface area contributed by atoms with Crippen LogP contribution in [0.3, 0.4) is 0 Å². The third-order valence-electron chi connectivity index (χ3n) is 5.30. The molecule has 0 aromatic rings. The molecule has 1 aliphatic rings. The van der Waals surface area contributed by atoms with E-state index < -0.39 is 37.9 Å². The molecule has 0 unspecified atom stereocenters. The Kier molecular flexibility index (Phi) is 13.2. The van der Waals surface area contributed by atoms with Crippen LogP contribution in [0.15, 0.2) is 0 Å². The summed E-state index contributed by atoms with van der Waals surface area (Å²) in [6.07, 6.45) is 6.96. The van der Waals surface area contributed by atoms with Crippen LogP contribution in [0.1, 0.15) is 77.6 Å². The second-order valence-electron chi connectivity index (χ2n) is 8.21. The first-order valence-corrected chi connectivity index (χ1v) is 12.9. The van der Waals surface area contributed by atoms with Gasteiger partial charge in [-0.25, -0.2) is 9.36 Å². The summed E-state index contributed by atoms with van der Waals surface area (Å²) in [5.41, 5.74) is 0. The minimum atomic E-state index is -4.86. The fourth-order valence-electron chi connectivity index (χ4n) is 3.52. The van der Waals surface area contributed by atoms with Gasteiger partial charge < -0.3 is 30.8 Å². The summed E-state index contributed by atoms with van der Waals surface area (Å²) in [6.45, 7) is 1.76. The average Bonchev–Trinajstić information content (AvgIpc) is 3.14. The number of phosphoric ester groups is 1. The number of rotatable bonds is 17. The largest absolute Gasteiger partial charge is 0.480 e. The molecule has 0 saturated carbocycles. The lowest BCUT2D eigenvalue weighted by atomic mass is 10.1. The molecule has 0 aromatic carbocycles. The molecule has 0 spiro atoms. The number of unbranched alkanes of at least 4 members (excludes halogenated alkanes) is 7. The maximum absolute atomic E-state index is 11.9. The third kappa shape index (κ3) is 13.3. The van der Waals surface area contributed by atoms with Crippen LogP contribution in [0.5, 0.6) is 0 Å². The lowest BCUT2D eigenvalue weighted by Crippen LogP contribution is -2.48. The first-order valence-electron chi connectivity index (χ1n) is 11.3. The Bertz CT molecular complexity index is 713. The number of carbonyl (C=O) groups excluding carboxylic acids is 3. The van der Waals surface area contributed by atoms with Crippen molar-refractivity contribution in [3.05, 3.63) is 0 Å². The summed E-state index contributed by atoms with van der Waals surface area (Å²) in [5.74, 6) is -2.15. The van der Waals surface area contributed by atoms with Gasteiger partial charge in [-0.15, -0.1) is 0 Å². The highest BCUT2D eigenvalue weighted by atomic mass is 31.2. The summed E-state index contributed by atoms with van der Waals surface area (Å²) < 4.78 is 15.2. The van der Waals surface area contributed by atoms with E-state index in [9.17, 15) is 23.7 Å². The first kappa shape index (κ1) is 29.0. The zero-order valence-corrected chi connectivity index (χ0v) is 19.9. The van der Waals surface area contributed by atoms with Gasteiger partial charge in [-0.1, -0.05) is 38.5 Å². The molecule has 0 aliphatic carbocycles. The molecule has 1 aliphatic heterocycles. The van der Waals surface area contributed by atoms with Crippen molar-refractivity contribution in [2.75, 3.05) is 6.54 Å². The number of phosphoric acid groups is 1. The zero-order valence-electron chi connectivity index (χ0n) is 19.0. The smallest absolute Gasteiger partial charge is 0.469 e. The van der Waals surface area contributed by atoms with Gasteiger partial charge >= 0.3 is 13.8 Å². The highest BCUT2D eigenvalue weighted by molar-refractivity contribution is 7.46. The normalized spacial score (nSPS) is 17.8. The van der Waals surface area contributed by atoms with Crippen LogP contribution in [0.25, 0.3) is 0 Å². The predicted molar refractivity (Wildman–Crippen MR) is 118 cm³/mol. The van der Waals surface area contributed by atoms with Crippen molar-refractivity contribution < 1.29 is 43.2 Å². The van der Waals surface area contributed by atoms with E-state index >= 15 is 0 Å². The van der Waals surface area contributed by atoms with Gasteiger partial charge in [0.05, 0.1) is 6.10 Å². The van der Waals surface area contributed by atoms with Gasteiger partial charge in [0.25, 0.3) is 0 Å². The van der Waals surface area contributed by atoms with E-state index in [4.69, 9.17) is 14.9 Å². The number of hydrogen-bond donors (Lipinski definition) is 6. The number of aliphatic carboxylic acids is 1. The van der Waals surface area contributed by atoms with Crippen molar-refractivity contribution in [1.29, 1.82) is 0 Å². The standard InChI is InChI=1S/C20H36N3O9P/c1-14(32-33(29,30)31)18(20(27)28)23-16(24)10-8-6-4-2-3-5-7-9-13-21-19(26)15-11-12-17(25)22-15/h14-15,18H,2-13H2,1H3,(H,21,26)(H,22,25)(H,23,24)(H,27,28)(H2,29,30,31)/t14-,15+,18-/m0/s1. The molecule has 0 aromatic heterocycles. The molecule has 6 N–H and O–H groups in total. The van der Waals surface area contributed by atoms with Crippen molar-refractivity contribution in [2.45, 2.75) is 95.7 Å². The molecular formula is C20H36N3O9P. The second-order valence-corrected chi connectivity index (χ2v) is 9.40. The number of amides is 3. The van der Waals surface area contributed by atoms with Gasteiger partial charge in [-0.05, 0) is 26.2 Å². The molecule has 3 atom stereocenters. The first-order chi connectivity index (χ1) is 15.5. The van der Waals surface area contributed by atoms with Crippen molar-refractivity contribution in [3.8, 4) is 0 Å². The van der Waals surface area contributed by atoms with Gasteiger partial charge in [-0.2, -0.15) is 0 Å². The van der Waals surface area contributed by atoms with Crippen LogP contribution in [0, 0.1) is 0 Å². The number of carbonyl (C=O) groups is 4. The molecule has 190 valence electrons. The molecule has 0 bridgehead atoms. The molecule has 3 amide bonds. The highest BCUT2D eigenvalue weighted by Crippen LogP contribution is 2.38. The Morgan fingerprint density at radius 3 is 2.18 bits per heavy atom. The molecule has 33 heavy (non-hydrogen) atoms. The quantitative estimate of drug-likeness (QED) is 0.126. The lowest BCUT2D eigenvalue weighted by molar-refractivity contribution is -0.144. The average molecular weight is 493 g/mol. The lowest BCUT2D eigenvalue weighted by Gasteiger charge is -2.21. The molecule has 1 rings (SSSR count). The van der Waals surface area contributed by atoms with E-state index in [1.807, 2.05) is 0 Å². The van der Waals surface area contributed by atoms with Crippen LogP contribution < -0.4 is 16.0 Å². The Labute approximate surface area is 193 Å². The fraction of sp³-hybridized carbons (Fsp3) is 0.800. The van der Waals surface area contributed by atoms with E-state index in [1.54, 1.807) is 0 Å². The van der Waals surface area contributed by atoms with Gasteiger partial charge in [0.1, 0.15) is 6.04 Å². The Balaban J connectivity index is 2.02. The van der Waals surface area contributed by atoms with Crippen LogP contribution in [-0.2, 0) is 28.3 Å². The van der Waals surface area contributed by atoms with Crippen LogP contribution >= 0.6 is 7.82 Å². The van der Waals surface area contributed by atoms with Crippen LogP contribution in [0.4, 0.5) is 0 Å². The molecule has 1 fully saturated rings. The minimum Gasteiger partial charge on any atom is -0.480 e. The number of hydrogen-bond acceptors (Lipinski definition) is 6. The van der Waals surface area contributed by atoms with E-state index in [-0.39, 0.29) is 18.2 Å². The summed E-state index contributed by atoms with van der Waals surface area (Å²) in [6, 6.07) is -1.95. The minimum absolute atomic E-state index is 0.0809. The molecule has 12 nitrogen and oxygen atoms in total. The van der Waals surface area contributed by atoms with Crippen molar-refractivity contribution in [2.24, 2.45) is 0 Å². The summed E-state index contributed by atoms with van der Waals surface area (Å²) in [4.78, 5) is 63.7. The van der Waals surface area contributed by atoms with E-state index in [1.165, 1.54) is 6.92 Å². The summed E-state index contributed by atoms with van der Waals surface area (Å²) >= 11 is 0. The number of carboxylic acids is 1. The molecule has 1 heterocycles. The van der Waals surface area contributed by atoms with E-state index in [0.29, 0.717) is 25.8 Å². The highest BCUT2D eigenvalue weighted by Gasteiger charge is 2.32. The number of carboxylic acid groups (broad SMARTS) is 1. The van der Waals surface area contributed by atoms with Gasteiger partial charge in [0.15, 0.2) is 6.04 Å².